The summed E-state index contributed by atoms with van der Waals surface area (Å²) >= 11 is 0. The Balaban J connectivity index is 1.90. The maximum absolute atomic E-state index is 14.1. The fraction of sp³-hybridized carbons (Fsp3) is 0.625. The molecule has 1 aromatic carbocycles. The van der Waals surface area contributed by atoms with Gasteiger partial charge in [0.05, 0.1) is 6.04 Å². The van der Waals surface area contributed by atoms with Gasteiger partial charge in [0, 0.05) is 18.2 Å². The van der Waals surface area contributed by atoms with Crippen molar-refractivity contribution in [2.45, 2.75) is 44.2 Å². The van der Waals surface area contributed by atoms with Crippen molar-refractivity contribution in [2.75, 3.05) is 13.1 Å². The molecule has 1 saturated carbocycles. The number of nitrogens with two attached hydrogens (primary N) is 1. The molecule has 2 fully saturated rings. The van der Waals surface area contributed by atoms with Crippen LogP contribution in [0.25, 0.3) is 0 Å². The molecule has 2 aliphatic rings. The Labute approximate surface area is 118 Å². The van der Waals surface area contributed by atoms with Gasteiger partial charge in [-0.25, -0.2) is 8.78 Å². The Morgan fingerprint density at radius 3 is 2.80 bits per heavy atom. The van der Waals surface area contributed by atoms with Crippen LogP contribution >= 0.6 is 0 Å². The van der Waals surface area contributed by atoms with Crippen molar-refractivity contribution in [3.05, 3.63) is 35.4 Å². The number of piperidine rings is 1. The van der Waals surface area contributed by atoms with Crippen molar-refractivity contribution in [1.82, 2.24) is 4.90 Å². The molecule has 2 N–H and O–H groups in total. The number of rotatable bonds is 3. The number of halogens is 2. The van der Waals surface area contributed by atoms with Crippen molar-refractivity contribution in [1.29, 1.82) is 0 Å². The van der Waals surface area contributed by atoms with Crippen molar-refractivity contribution >= 4 is 0 Å². The average Bonchev–Trinajstić information content (AvgIpc) is 2.93. The van der Waals surface area contributed by atoms with Crippen LogP contribution in [0.3, 0.4) is 0 Å². The predicted octanol–water partition coefficient (Wildman–Crippen LogP) is 3.23. The third kappa shape index (κ3) is 2.35. The van der Waals surface area contributed by atoms with Crippen LogP contribution in [0.5, 0.6) is 0 Å². The van der Waals surface area contributed by atoms with E-state index in [2.05, 4.69) is 4.90 Å². The first-order chi connectivity index (χ1) is 9.72. The van der Waals surface area contributed by atoms with Crippen LogP contribution < -0.4 is 5.73 Å². The fourth-order valence-corrected chi connectivity index (χ4v) is 4.10. The summed E-state index contributed by atoms with van der Waals surface area (Å²) < 4.78 is 27.6. The quantitative estimate of drug-likeness (QED) is 0.921. The maximum Gasteiger partial charge on any atom is 0.163 e. The number of benzene rings is 1. The highest BCUT2D eigenvalue weighted by Gasteiger charge is 2.38. The van der Waals surface area contributed by atoms with Crippen LogP contribution in [0.1, 0.15) is 43.7 Å². The molecule has 1 aliphatic heterocycles. The molecule has 3 unspecified atom stereocenters. The molecule has 0 amide bonds. The average molecular weight is 280 g/mol. The topological polar surface area (TPSA) is 29.3 Å². The van der Waals surface area contributed by atoms with E-state index in [-0.39, 0.29) is 6.04 Å². The summed E-state index contributed by atoms with van der Waals surface area (Å²) in [6, 6.07) is 4.72. The molecule has 1 aromatic rings. The fourth-order valence-electron chi connectivity index (χ4n) is 4.10. The molecular formula is C16H22F2N2. The second-order valence-electron chi connectivity index (χ2n) is 6.03. The number of hydrogen-bond acceptors (Lipinski definition) is 2. The molecule has 20 heavy (non-hydrogen) atoms. The van der Waals surface area contributed by atoms with Gasteiger partial charge in [0.15, 0.2) is 11.6 Å². The molecule has 2 nitrogen and oxygen atoms in total. The van der Waals surface area contributed by atoms with Gasteiger partial charge in [0.1, 0.15) is 0 Å². The van der Waals surface area contributed by atoms with Crippen LogP contribution in [0, 0.1) is 17.6 Å². The van der Waals surface area contributed by atoms with E-state index in [1.54, 1.807) is 12.1 Å². The minimum atomic E-state index is -0.777. The summed E-state index contributed by atoms with van der Waals surface area (Å²) in [7, 11) is 0. The van der Waals surface area contributed by atoms with E-state index in [1.807, 2.05) is 0 Å². The Kier molecular flexibility index (Phi) is 4.03. The number of likely N-dealkylation sites (tertiary alicyclic amines) is 1. The van der Waals surface area contributed by atoms with Crippen molar-refractivity contribution < 1.29 is 8.78 Å². The molecular weight excluding hydrogens is 258 g/mol. The van der Waals surface area contributed by atoms with Crippen LogP contribution in [0.15, 0.2) is 18.2 Å². The number of nitrogens with zero attached hydrogens (tertiary/aromatic N) is 1. The molecule has 0 spiro atoms. The lowest BCUT2D eigenvalue weighted by atomic mass is 9.89. The van der Waals surface area contributed by atoms with Gasteiger partial charge in [-0.15, -0.1) is 0 Å². The molecule has 1 saturated heterocycles. The molecule has 4 heteroatoms. The van der Waals surface area contributed by atoms with Crippen molar-refractivity contribution in [3.63, 3.8) is 0 Å². The van der Waals surface area contributed by atoms with E-state index in [1.165, 1.54) is 25.3 Å². The van der Waals surface area contributed by atoms with Crippen LogP contribution in [-0.4, -0.2) is 24.0 Å². The molecule has 0 aromatic heterocycles. The van der Waals surface area contributed by atoms with E-state index in [0.29, 0.717) is 18.2 Å². The Hall–Kier alpha value is -1.00. The van der Waals surface area contributed by atoms with Crippen molar-refractivity contribution in [2.24, 2.45) is 11.7 Å². The third-order valence-electron chi connectivity index (χ3n) is 5.00. The standard InChI is InChI=1S/C16H22F2N2/c17-13-7-2-6-12(16(13)18)15(10-19)20-9-3-5-11-4-1-8-14(11)20/h2,6-7,11,14-15H,1,3-5,8-10,19H2. The van der Waals surface area contributed by atoms with Gasteiger partial charge in [0.2, 0.25) is 0 Å². The first-order valence-electron chi connectivity index (χ1n) is 7.62. The second-order valence-corrected chi connectivity index (χ2v) is 6.03. The summed E-state index contributed by atoms with van der Waals surface area (Å²) in [5, 5.41) is 0. The molecule has 0 bridgehead atoms. The van der Waals surface area contributed by atoms with E-state index >= 15 is 0 Å². The molecule has 3 atom stereocenters. The first kappa shape index (κ1) is 14.0. The van der Waals surface area contributed by atoms with Crippen LogP contribution in [-0.2, 0) is 0 Å². The highest BCUT2D eigenvalue weighted by atomic mass is 19.2. The lowest BCUT2D eigenvalue weighted by Crippen LogP contribution is -2.47. The zero-order valence-corrected chi connectivity index (χ0v) is 11.7. The van der Waals surface area contributed by atoms with Gasteiger partial charge >= 0.3 is 0 Å². The molecule has 1 aliphatic carbocycles. The van der Waals surface area contributed by atoms with E-state index in [0.717, 1.165) is 25.3 Å². The van der Waals surface area contributed by atoms with Gasteiger partial charge in [-0.05, 0) is 44.2 Å². The van der Waals surface area contributed by atoms with Gasteiger partial charge in [0.25, 0.3) is 0 Å². The molecule has 110 valence electrons. The third-order valence-corrected chi connectivity index (χ3v) is 5.00. The molecule has 0 radical (unpaired) electrons. The number of fused-ring (bicyclic) bond motifs is 1. The second kappa shape index (κ2) is 5.78. The zero-order valence-electron chi connectivity index (χ0n) is 11.7. The number of hydrogen-bond donors (Lipinski definition) is 1. The van der Waals surface area contributed by atoms with Gasteiger partial charge in [-0.1, -0.05) is 18.6 Å². The summed E-state index contributed by atoms with van der Waals surface area (Å²) in [6.45, 7) is 1.28. The predicted molar refractivity (Wildman–Crippen MR) is 75.2 cm³/mol. The molecule has 3 rings (SSSR count). The van der Waals surface area contributed by atoms with E-state index < -0.39 is 11.6 Å². The highest BCUT2D eigenvalue weighted by molar-refractivity contribution is 5.23. The van der Waals surface area contributed by atoms with E-state index in [9.17, 15) is 8.78 Å². The first-order valence-corrected chi connectivity index (χ1v) is 7.62. The SMILES string of the molecule is NCC(c1cccc(F)c1F)N1CCCC2CCCC21. The maximum atomic E-state index is 14.1. The van der Waals surface area contributed by atoms with Gasteiger partial charge in [-0.2, -0.15) is 0 Å². The van der Waals surface area contributed by atoms with Crippen LogP contribution in [0.4, 0.5) is 8.78 Å². The summed E-state index contributed by atoms with van der Waals surface area (Å²) in [5.74, 6) is -0.793. The minimum Gasteiger partial charge on any atom is -0.329 e. The van der Waals surface area contributed by atoms with Crippen LogP contribution in [0.2, 0.25) is 0 Å². The smallest absolute Gasteiger partial charge is 0.163 e. The Bertz CT molecular complexity index is 478. The largest absolute Gasteiger partial charge is 0.329 e. The Morgan fingerprint density at radius 2 is 2.00 bits per heavy atom. The van der Waals surface area contributed by atoms with Gasteiger partial charge < -0.3 is 5.73 Å². The lowest BCUT2D eigenvalue weighted by molar-refractivity contribution is 0.0683. The summed E-state index contributed by atoms with van der Waals surface area (Å²) in [6.07, 6.45) is 6.08. The molecule has 1 heterocycles. The lowest BCUT2D eigenvalue weighted by Gasteiger charge is -2.42. The monoisotopic (exact) mass is 280 g/mol. The zero-order chi connectivity index (χ0) is 14.1. The Morgan fingerprint density at radius 1 is 1.20 bits per heavy atom. The highest BCUT2D eigenvalue weighted by Crippen LogP contribution is 2.40. The minimum absolute atomic E-state index is 0.198. The normalized spacial score (nSPS) is 28.4. The van der Waals surface area contributed by atoms with Crippen molar-refractivity contribution in [3.8, 4) is 0 Å². The summed E-state index contributed by atoms with van der Waals surface area (Å²) in [5.41, 5.74) is 6.32. The summed E-state index contributed by atoms with van der Waals surface area (Å²) in [4.78, 5) is 2.33. The van der Waals surface area contributed by atoms with E-state index in [4.69, 9.17) is 5.73 Å². The van der Waals surface area contributed by atoms with Gasteiger partial charge in [-0.3, -0.25) is 4.90 Å².